The van der Waals surface area contributed by atoms with Crippen molar-refractivity contribution in [3.63, 3.8) is 0 Å². The van der Waals surface area contributed by atoms with Crippen LogP contribution in [0, 0.1) is 5.41 Å². The van der Waals surface area contributed by atoms with Crippen LogP contribution in [0.25, 0.3) is 10.4 Å². The number of thiophene rings is 1. The van der Waals surface area contributed by atoms with Crippen molar-refractivity contribution in [3.8, 4) is 10.4 Å². The van der Waals surface area contributed by atoms with Gasteiger partial charge in [0.15, 0.2) is 0 Å². The van der Waals surface area contributed by atoms with Gasteiger partial charge in [-0.1, -0.05) is 32.0 Å². The van der Waals surface area contributed by atoms with Crippen molar-refractivity contribution in [2.75, 3.05) is 14.1 Å². The predicted octanol–water partition coefficient (Wildman–Crippen LogP) is 4.66. The summed E-state index contributed by atoms with van der Waals surface area (Å²) in [4.78, 5) is 16.8. The molecule has 138 valence electrons. The molecule has 1 aromatic carbocycles. The molecule has 1 N–H and O–H groups in total. The fourth-order valence-corrected chi connectivity index (χ4v) is 5.90. The number of fused-ring (bicyclic) bond motifs is 2. The highest BCUT2D eigenvalue weighted by Gasteiger charge is 2.34. The standard InChI is InChI=1S/C22H27NO2S/c1-22(2)9-8-18-17(12-22)19(21(24)25)20(26-18)15-7-5-6-13-10-14(23(3)4)11-16(13)15/h5-7,14H,8-12H2,1-4H3,(H,24,25)/t14-/m1/s1. The zero-order valence-electron chi connectivity index (χ0n) is 16.1. The van der Waals surface area contributed by atoms with E-state index in [4.69, 9.17) is 0 Å². The molecule has 0 saturated carbocycles. The Labute approximate surface area is 159 Å². The second kappa shape index (κ2) is 6.21. The number of rotatable bonds is 3. The average molecular weight is 370 g/mol. The van der Waals surface area contributed by atoms with Gasteiger partial charge < -0.3 is 10.0 Å². The van der Waals surface area contributed by atoms with Gasteiger partial charge in [0.2, 0.25) is 0 Å². The largest absolute Gasteiger partial charge is 0.478 e. The summed E-state index contributed by atoms with van der Waals surface area (Å²) in [6.07, 6.45) is 5.06. The van der Waals surface area contributed by atoms with E-state index in [2.05, 4.69) is 51.0 Å². The van der Waals surface area contributed by atoms with Crippen molar-refractivity contribution in [2.45, 2.75) is 52.0 Å². The number of aryl methyl sites for hydroxylation is 1. The molecule has 1 heterocycles. The summed E-state index contributed by atoms with van der Waals surface area (Å²) in [7, 11) is 4.26. The molecule has 0 bridgehead atoms. The third-order valence-electron chi connectivity index (χ3n) is 6.13. The Hall–Kier alpha value is -1.65. The summed E-state index contributed by atoms with van der Waals surface area (Å²) in [5.74, 6) is -0.769. The summed E-state index contributed by atoms with van der Waals surface area (Å²) < 4.78 is 0. The van der Waals surface area contributed by atoms with Crippen LogP contribution in [0.3, 0.4) is 0 Å². The minimum atomic E-state index is -0.769. The van der Waals surface area contributed by atoms with Gasteiger partial charge in [-0.25, -0.2) is 4.79 Å². The van der Waals surface area contributed by atoms with Gasteiger partial charge in [0, 0.05) is 15.8 Å². The molecule has 0 saturated heterocycles. The van der Waals surface area contributed by atoms with E-state index in [1.54, 1.807) is 11.3 Å². The first-order chi connectivity index (χ1) is 12.3. The topological polar surface area (TPSA) is 40.5 Å². The van der Waals surface area contributed by atoms with Crippen molar-refractivity contribution in [2.24, 2.45) is 5.41 Å². The predicted molar refractivity (Wildman–Crippen MR) is 107 cm³/mol. The molecule has 0 unspecified atom stereocenters. The zero-order chi connectivity index (χ0) is 18.6. The Morgan fingerprint density at radius 3 is 2.69 bits per heavy atom. The van der Waals surface area contributed by atoms with Gasteiger partial charge in [0.25, 0.3) is 0 Å². The minimum absolute atomic E-state index is 0.185. The number of likely N-dealkylation sites (N-methyl/N-ethyl adjacent to an activating group) is 1. The Kier molecular flexibility index (Phi) is 4.24. The molecule has 3 nitrogen and oxygen atoms in total. The Balaban J connectivity index is 1.85. The number of carboxylic acid groups (broad SMARTS) is 1. The second-order valence-corrected chi connectivity index (χ2v) is 9.93. The molecular formula is C22H27NO2S. The van der Waals surface area contributed by atoms with Gasteiger partial charge in [-0.2, -0.15) is 0 Å². The van der Waals surface area contributed by atoms with E-state index in [0.717, 1.165) is 48.1 Å². The van der Waals surface area contributed by atoms with Crippen LogP contribution in [-0.4, -0.2) is 36.1 Å². The summed E-state index contributed by atoms with van der Waals surface area (Å²) in [6, 6.07) is 6.94. The lowest BCUT2D eigenvalue weighted by Gasteiger charge is -2.29. The number of nitrogens with zero attached hydrogens (tertiary/aromatic N) is 1. The molecule has 1 aromatic heterocycles. The fraction of sp³-hybridized carbons (Fsp3) is 0.500. The molecular weight excluding hydrogens is 342 g/mol. The van der Waals surface area contributed by atoms with E-state index in [1.807, 2.05) is 0 Å². The average Bonchev–Trinajstić information content (AvgIpc) is 3.14. The SMILES string of the molecule is CN(C)[C@@H]1Cc2cccc(-c3sc4c(c3C(=O)O)CC(C)(C)CC4)c2C1. The van der Waals surface area contributed by atoms with Crippen molar-refractivity contribution < 1.29 is 9.90 Å². The molecule has 4 heteroatoms. The van der Waals surface area contributed by atoms with Crippen molar-refractivity contribution in [1.82, 2.24) is 4.90 Å². The first-order valence-corrected chi connectivity index (χ1v) is 10.2. The van der Waals surface area contributed by atoms with Gasteiger partial charge in [-0.15, -0.1) is 11.3 Å². The van der Waals surface area contributed by atoms with Crippen molar-refractivity contribution in [3.05, 3.63) is 45.3 Å². The Morgan fingerprint density at radius 1 is 1.23 bits per heavy atom. The normalized spacial score (nSPS) is 20.9. The molecule has 4 rings (SSSR count). The van der Waals surface area contributed by atoms with Crippen molar-refractivity contribution >= 4 is 17.3 Å². The van der Waals surface area contributed by atoms with Gasteiger partial charge in [-0.05, 0) is 73.9 Å². The van der Waals surface area contributed by atoms with Crippen LogP contribution in [0.2, 0.25) is 0 Å². The second-order valence-electron chi connectivity index (χ2n) is 8.82. The van der Waals surface area contributed by atoms with Crippen LogP contribution in [0.1, 0.15) is 52.2 Å². The smallest absolute Gasteiger partial charge is 0.337 e. The molecule has 0 radical (unpaired) electrons. The number of aromatic carboxylic acids is 1. The van der Waals surface area contributed by atoms with E-state index < -0.39 is 5.97 Å². The third-order valence-corrected chi connectivity index (χ3v) is 7.46. The summed E-state index contributed by atoms with van der Waals surface area (Å²) >= 11 is 1.73. The number of carboxylic acids is 1. The number of hydrogen-bond acceptors (Lipinski definition) is 3. The molecule has 2 aliphatic rings. The summed E-state index contributed by atoms with van der Waals surface area (Å²) in [6.45, 7) is 4.50. The number of hydrogen-bond donors (Lipinski definition) is 1. The highest BCUT2D eigenvalue weighted by atomic mass is 32.1. The first kappa shape index (κ1) is 17.7. The lowest BCUT2D eigenvalue weighted by Crippen LogP contribution is -2.28. The first-order valence-electron chi connectivity index (χ1n) is 9.42. The van der Waals surface area contributed by atoms with Crippen LogP contribution >= 0.6 is 11.3 Å². The highest BCUT2D eigenvalue weighted by Crippen LogP contribution is 2.47. The number of benzene rings is 1. The van der Waals surface area contributed by atoms with E-state index in [1.165, 1.54) is 16.0 Å². The van der Waals surface area contributed by atoms with Crippen LogP contribution in [-0.2, 0) is 25.7 Å². The lowest BCUT2D eigenvalue weighted by atomic mass is 9.76. The molecule has 0 fully saturated rings. The monoisotopic (exact) mass is 369 g/mol. The summed E-state index contributed by atoms with van der Waals surface area (Å²) in [5, 5.41) is 10.0. The third kappa shape index (κ3) is 2.89. The van der Waals surface area contributed by atoms with E-state index in [0.29, 0.717) is 11.6 Å². The van der Waals surface area contributed by atoms with E-state index in [-0.39, 0.29) is 5.41 Å². The van der Waals surface area contributed by atoms with Crippen molar-refractivity contribution in [1.29, 1.82) is 0 Å². The molecule has 26 heavy (non-hydrogen) atoms. The molecule has 0 aliphatic heterocycles. The molecule has 1 atom stereocenters. The maximum absolute atomic E-state index is 12.2. The zero-order valence-corrected chi connectivity index (χ0v) is 16.9. The quantitative estimate of drug-likeness (QED) is 0.856. The number of carbonyl (C=O) groups is 1. The van der Waals surface area contributed by atoms with E-state index in [9.17, 15) is 9.90 Å². The summed E-state index contributed by atoms with van der Waals surface area (Å²) in [5.41, 5.74) is 5.73. The van der Waals surface area contributed by atoms with Gasteiger partial charge in [0.05, 0.1) is 5.56 Å². The van der Waals surface area contributed by atoms with Gasteiger partial charge in [0.1, 0.15) is 0 Å². The molecule has 2 aliphatic carbocycles. The fourth-order valence-electron chi connectivity index (χ4n) is 4.54. The maximum Gasteiger partial charge on any atom is 0.337 e. The van der Waals surface area contributed by atoms with Crippen LogP contribution in [0.4, 0.5) is 0 Å². The molecule has 2 aromatic rings. The van der Waals surface area contributed by atoms with E-state index >= 15 is 0 Å². The highest BCUT2D eigenvalue weighted by molar-refractivity contribution is 7.16. The molecule has 0 spiro atoms. The minimum Gasteiger partial charge on any atom is -0.478 e. The van der Waals surface area contributed by atoms with Gasteiger partial charge in [-0.3, -0.25) is 0 Å². The Morgan fingerprint density at radius 2 is 2.00 bits per heavy atom. The van der Waals surface area contributed by atoms with Crippen LogP contribution < -0.4 is 0 Å². The van der Waals surface area contributed by atoms with Crippen LogP contribution in [0.5, 0.6) is 0 Å². The Bertz CT molecular complexity index is 879. The maximum atomic E-state index is 12.2. The van der Waals surface area contributed by atoms with Gasteiger partial charge >= 0.3 is 5.97 Å². The molecule has 0 amide bonds. The lowest BCUT2D eigenvalue weighted by molar-refractivity contribution is 0.0696. The van der Waals surface area contributed by atoms with Crippen LogP contribution in [0.15, 0.2) is 18.2 Å².